The maximum atomic E-state index is 9.76. The second-order valence-electron chi connectivity index (χ2n) is 5.11. The molecule has 2 N–H and O–H groups in total. The molecular weight excluding hydrogens is 176 g/mol. The molecule has 1 aliphatic carbocycles. The number of likely N-dealkylation sites (tertiary alicyclic amines) is 1. The van der Waals surface area contributed by atoms with Gasteiger partial charge in [0.15, 0.2) is 0 Å². The Bertz CT molecular complexity index is 190. The molecule has 0 amide bonds. The molecule has 1 aliphatic heterocycles. The van der Waals surface area contributed by atoms with Crippen molar-refractivity contribution < 1.29 is 5.11 Å². The van der Waals surface area contributed by atoms with Crippen molar-refractivity contribution in [3.63, 3.8) is 0 Å². The van der Waals surface area contributed by atoms with Gasteiger partial charge in [-0.1, -0.05) is 0 Å². The molecule has 2 aliphatic rings. The van der Waals surface area contributed by atoms with Gasteiger partial charge in [0.1, 0.15) is 0 Å². The predicted molar refractivity (Wildman–Crippen MR) is 57.3 cm³/mol. The lowest BCUT2D eigenvalue weighted by Gasteiger charge is -2.18. The second kappa shape index (κ2) is 4.17. The Morgan fingerprint density at radius 2 is 2.29 bits per heavy atom. The molecule has 1 saturated heterocycles. The van der Waals surface area contributed by atoms with Crippen LogP contribution < -0.4 is 5.32 Å². The third-order valence-electron chi connectivity index (χ3n) is 3.19. The first kappa shape index (κ1) is 10.4. The molecule has 0 bridgehead atoms. The topological polar surface area (TPSA) is 35.5 Å². The largest absolute Gasteiger partial charge is 0.389 e. The van der Waals surface area contributed by atoms with Crippen molar-refractivity contribution in [2.45, 2.75) is 44.2 Å². The van der Waals surface area contributed by atoms with Crippen molar-refractivity contribution >= 4 is 0 Å². The predicted octanol–water partition coefficient (Wildman–Crippen LogP) is 0.585. The minimum Gasteiger partial charge on any atom is -0.389 e. The molecule has 0 aromatic carbocycles. The molecule has 0 spiro atoms. The van der Waals surface area contributed by atoms with Crippen molar-refractivity contribution in [2.75, 3.05) is 26.2 Å². The normalized spacial score (nSPS) is 33.9. The first-order valence-corrected chi connectivity index (χ1v) is 5.84. The molecule has 1 unspecified atom stereocenters. The number of aliphatic hydroxyl groups is 1. The van der Waals surface area contributed by atoms with Gasteiger partial charge in [0.05, 0.1) is 5.60 Å². The second-order valence-corrected chi connectivity index (χ2v) is 5.11. The smallest absolute Gasteiger partial charge is 0.0758 e. The van der Waals surface area contributed by atoms with Crippen molar-refractivity contribution in [1.29, 1.82) is 0 Å². The zero-order valence-electron chi connectivity index (χ0n) is 9.13. The van der Waals surface area contributed by atoms with Gasteiger partial charge in [0.25, 0.3) is 0 Å². The van der Waals surface area contributed by atoms with E-state index in [1.807, 2.05) is 6.92 Å². The molecule has 0 aromatic heterocycles. The summed E-state index contributed by atoms with van der Waals surface area (Å²) in [4.78, 5) is 2.37. The molecule has 82 valence electrons. The van der Waals surface area contributed by atoms with Crippen LogP contribution >= 0.6 is 0 Å². The molecule has 3 nitrogen and oxygen atoms in total. The van der Waals surface area contributed by atoms with E-state index in [1.165, 1.54) is 19.3 Å². The molecule has 3 heteroatoms. The quantitative estimate of drug-likeness (QED) is 0.635. The van der Waals surface area contributed by atoms with Crippen LogP contribution in [0.5, 0.6) is 0 Å². The molecule has 14 heavy (non-hydrogen) atoms. The van der Waals surface area contributed by atoms with Gasteiger partial charge >= 0.3 is 0 Å². The molecule has 2 rings (SSSR count). The van der Waals surface area contributed by atoms with E-state index in [4.69, 9.17) is 0 Å². The van der Waals surface area contributed by atoms with Crippen LogP contribution in [0.3, 0.4) is 0 Å². The Morgan fingerprint density at radius 1 is 1.50 bits per heavy atom. The fourth-order valence-electron chi connectivity index (χ4n) is 2.13. The minimum absolute atomic E-state index is 0.427. The standard InChI is InChI=1S/C11H22N2O/c1-11(14)5-8-13(9-11)7-2-6-12-10-3-4-10/h10,12,14H,2-9H2,1H3. The van der Waals surface area contributed by atoms with Crippen molar-refractivity contribution in [3.05, 3.63) is 0 Å². The van der Waals surface area contributed by atoms with E-state index >= 15 is 0 Å². The first-order chi connectivity index (χ1) is 6.66. The lowest BCUT2D eigenvalue weighted by molar-refractivity contribution is 0.0687. The van der Waals surface area contributed by atoms with Crippen LogP contribution in [0.2, 0.25) is 0 Å². The van der Waals surface area contributed by atoms with Crippen molar-refractivity contribution in [1.82, 2.24) is 10.2 Å². The number of hydrogen-bond acceptors (Lipinski definition) is 3. The summed E-state index contributed by atoms with van der Waals surface area (Å²) in [6.07, 6.45) is 4.90. The molecule has 0 radical (unpaired) electrons. The SMILES string of the molecule is CC1(O)CCN(CCCNC2CC2)C1. The zero-order valence-corrected chi connectivity index (χ0v) is 9.13. The summed E-state index contributed by atoms with van der Waals surface area (Å²) >= 11 is 0. The third-order valence-corrected chi connectivity index (χ3v) is 3.19. The Kier molecular flexibility index (Phi) is 3.10. The van der Waals surface area contributed by atoms with Gasteiger partial charge in [-0.05, 0) is 45.7 Å². The van der Waals surface area contributed by atoms with Gasteiger partial charge in [-0.3, -0.25) is 0 Å². The number of hydrogen-bond donors (Lipinski definition) is 2. The Balaban J connectivity index is 1.52. The van der Waals surface area contributed by atoms with E-state index < -0.39 is 5.60 Å². The summed E-state index contributed by atoms with van der Waals surface area (Å²) in [7, 11) is 0. The molecule has 1 atom stereocenters. The van der Waals surface area contributed by atoms with Gasteiger partial charge in [-0.15, -0.1) is 0 Å². The number of nitrogens with zero attached hydrogens (tertiary/aromatic N) is 1. The van der Waals surface area contributed by atoms with Crippen molar-refractivity contribution in [3.8, 4) is 0 Å². The van der Waals surface area contributed by atoms with Crippen molar-refractivity contribution in [2.24, 2.45) is 0 Å². The summed E-state index contributed by atoms with van der Waals surface area (Å²) in [5.74, 6) is 0. The fourth-order valence-corrected chi connectivity index (χ4v) is 2.13. The zero-order chi connectivity index (χ0) is 10.0. The van der Waals surface area contributed by atoms with E-state index in [1.54, 1.807) is 0 Å². The molecule has 1 saturated carbocycles. The average Bonchev–Trinajstić information content (AvgIpc) is 2.86. The van der Waals surface area contributed by atoms with E-state index in [0.29, 0.717) is 0 Å². The molecule has 1 heterocycles. The van der Waals surface area contributed by atoms with Crippen LogP contribution in [0.4, 0.5) is 0 Å². The van der Waals surface area contributed by atoms with Crippen LogP contribution in [0.25, 0.3) is 0 Å². The average molecular weight is 198 g/mol. The lowest BCUT2D eigenvalue weighted by atomic mass is 10.1. The van der Waals surface area contributed by atoms with E-state index in [0.717, 1.165) is 38.6 Å². The Morgan fingerprint density at radius 3 is 2.86 bits per heavy atom. The number of nitrogens with one attached hydrogen (secondary N) is 1. The summed E-state index contributed by atoms with van der Waals surface area (Å²) in [6, 6.07) is 0.830. The van der Waals surface area contributed by atoms with Gasteiger partial charge < -0.3 is 15.3 Å². The first-order valence-electron chi connectivity index (χ1n) is 5.84. The van der Waals surface area contributed by atoms with E-state index in [-0.39, 0.29) is 0 Å². The van der Waals surface area contributed by atoms with Crippen LogP contribution in [0.1, 0.15) is 32.6 Å². The number of rotatable bonds is 5. The van der Waals surface area contributed by atoms with Gasteiger partial charge in [-0.25, -0.2) is 0 Å². The van der Waals surface area contributed by atoms with Crippen LogP contribution in [0, 0.1) is 0 Å². The van der Waals surface area contributed by atoms with E-state index in [9.17, 15) is 5.11 Å². The van der Waals surface area contributed by atoms with Gasteiger partial charge in [0.2, 0.25) is 0 Å². The minimum atomic E-state index is -0.427. The highest BCUT2D eigenvalue weighted by molar-refractivity contribution is 4.86. The summed E-state index contributed by atoms with van der Waals surface area (Å²) in [5, 5.41) is 13.3. The van der Waals surface area contributed by atoms with E-state index in [2.05, 4.69) is 10.2 Å². The van der Waals surface area contributed by atoms with Crippen LogP contribution in [-0.4, -0.2) is 47.8 Å². The Labute approximate surface area is 86.5 Å². The monoisotopic (exact) mass is 198 g/mol. The highest BCUT2D eigenvalue weighted by Crippen LogP contribution is 2.20. The summed E-state index contributed by atoms with van der Waals surface area (Å²) in [5.41, 5.74) is -0.427. The summed E-state index contributed by atoms with van der Waals surface area (Å²) < 4.78 is 0. The maximum Gasteiger partial charge on any atom is 0.0758 e. The third kappa shape index (κ3) is 3.23. The summed E-state index contributed by atoms with van der Waals surface area (Å²) in [6.45, 7) is 6.14. The van der Waals surface area contributed by atoms with Gasteiger partial charge in [-0.2, -0.15) is 0 Å². The lowest BCUT2D eigenvalue weighted by Crippen LogP contribution is -2.31. The maximum absolute atomic E-state index is 9.76. The molecule has 0 aromatic rings. The van der Waals surface area contributed by atoms with Crippen LogP contribution in [0.15, 0.2) is 0 Å². The van der Waals surface area contributed by atoms with Gasteiger partial charge in [0, 0.05) is 19.1 Å². The molecule has 2 fully saturated rings. The fraction of sp³-hybridized carbons (Fsp3) is 1.00. The Hall–Kier alpha value is -0.120. The van der Waals surface area contributed by atoms with Crippen LogP contribution in [-0.2, 0) is 0 Å². The molecular formula is C11H22N2O. The highest BCUT2D eigenvalue weighted by atomic mass is 16.3. The highest BCUT2D eigenvalue weighted by Gasteiger charge is 2.30. The number of β-amino-alcohol motifs (C(OH)–C–C–N with tert-alkyl or cyclic N) is 1.